The van der Waals surface area contributed by atoms with E-state index in [2.05, 4.69) is 57.2 Å². The van der Waals surface area contributed by atoms with Crippen LogP contribution >= 0.6 is 0 Å². The third-order valence-electron chi connectivity index (χ3n) is 13.1. The molecule has 6 heteroatoms. The first-order valence-corrected chi connectivity index (χ1v) is 29.5. The van der Waals surface area contributed by atoms with Gasteiger partial charge in [-0.2, -0.15) is 0 Å². The smallest absolute Gasteiger partial charge is 0.306 e. The van der Waals surface area contributed by atoms with Gasteiger partial charge in [-0.1, -0.05) is 237 Å². The maximum atomic E-state index is 12.9. The maximum Gasteiger partial charge on any atom is 0.306 e. The van der Waals surface area contributed by atoms with Gasteiger partial charge in [0.15, 0.2) is 6.10 Å². The second kappa shape index (κ2) is 56.2. The van der Waals surface area contributed by atoms with Crippen LogP contribution in [0, 0.1) is 0 Å². The minimum absolute atomic E-state index is 0.0765. The van der Waals surface area contributed by atoms with Gasteiger partial charge in [-0.05, 0) is 96.3 Å². The third kappa shape index (κ3) is 54.4. The number of rotatable bonds is 54. The summed E-state index contributed by atoms with van der Waals surface area (Å²) < 4.78 is 16.9. The Balaban J connectivity index is 4.37. The molecule has 67 heavy (non-hydrogen) atoms. The van der Waals surface area contributed by atoms with Crippen LogP contribution < -0.4 is 0 Å². The molecule has 0 heterocycles. The summed E-state index contributed by atoms with van der Waals surface area (Å²) in [5, 5.41) is 0. The number of hydrogen-bond acceptors (Lipinski definition) is 6. The predicted molar refractivity (Wildman–Crippen MR) is 289 cm³/mol. The Bertz CT molecular complexity index is 1130. The second-order valence-electron chi connectivity index (χ2n) is 19.9. The topological polar surface area (TPSA) is 78.9 Å². The molecule has 0 aliphatic heterocycles. The first kappa shape index (κ1) is 64.6. The number of ether oxygens (including phenoxy) is 3. The fourth-order valence-electron chi connectivity index (χ4n) is 8.60. The summed E-state index contributed by atoms with van der Waals surface area (Å²) in [4.78, 5) is 38.2. The Morgan fingerprint density at radius 3 is 0.746 bits per heavy atom. The Morgan fingerprint density at radius 2 is 0.493 bits per heavy atom. The van der Waals surface area contributed by atoms with Crippen LogP contribution in [0.3, 0.4) is 0 Å². The van der Waals surface area contributed by atoms with Crippen LogP contribution in [0.2, 0.25) is 0 Å². The number of allylic oxidation sites excluding steroid dienone is 6. The standard InChI is InChI=1S/C61H112O6/c1-4-7-10-13-16-19-22-25-28-30-33-36-39-42-45-48-51-54-60(63)66-57-58(56-65-59(62)53-50-47-44-41-38-35-32-27-24-21-18-15-12-9-6-3)67-61(64)55-52-49-46-43-40-37-34-31-29-26-23-20-17-14-11-8-5-2/h25-29,32,58H,4-24,30-31,33-57H2,1-3H3/b28-25-,29-26-,32-27-. The number of carbonyl (C=O) groups is 3. The quantitative estimate of drug-likeness (QED) is 0.0262. The summed E-state index contributed by atoms with van der Waals surface area (Å²) in [5.41, 5.74) is 0. The molecule has 0 amide bonds. The molecule has 0 aromatic heterocycles. The monoisotopic (exact) mass is 941 g/mol. The van der Waals surface area contributed by atoms with Gasteiger partial charge < -0.3 is 14.2 Å². The lowest BCUT2D eigenvalue weighted by Crippen LogP contribution is -2.30. The van der Waals surface area contributed by atoms with Gasteiger partial charge in [0.2, 0.25) is 0 Å². The van der Waals surface area contributed by atoms with Crippen LogP contribution in [0.5, 0.6) is 0 Å². The maximum absolute atomic E-state index is 12.9. The van der Waals surface area contributed by atoms with E-state index < -0.39 is 6.10 Å². The molecule has 0 aliphatic rings. The SMILES string of the molecule is CCCCCCCC/C=C\CCCCCCCCCC(=O)OCC(COC(=O)CCCCCCC/C=C\CCCCCCCC)OC(=O)CCCCCCCCC/C=C\CCCCCCCC. The van der Waals surface area contributed by atoms with Crippen molar-refractivity contribution < 1.29 is 28.6 Å². The highest BCUT2D eigenvalue weighted by Crippen LogP contribution is 2.16. The second-order valence-corrected chi connectivity index (χ2v) is 19.9. The average molecular weight is 942 g/mol. The molecule has 1 unspecified atom stereocenters. The highest BCUT2D eigenvalue weighted by atomic mass is 16.6. The molecule has 0 radical (unpaired) electrons. The van der Waals surface area contributed by atoms with Crippen LogP contribution in [-0.4, -0.2) is 37.2 Å². The fourth-order valence-corrected chi connectivity index (χ4v) is 8.60. The minimum Gasteiger partial charge on any atom is -0.462 e. The van der Waals surface area contributed by atoms with Crippen molar-refractivity contribution in [1.29, 1.82) is 0 Å². The Labute approximate surface area is 416 Å². The van der Waals surface area contributed by atoms with Crippen molar-refractivity contribution in [3.05, 3.63) is 36.5 Å². The zero-order valence-electron chi connectivity index (χ0n) is 44.9. The minimum atomic E-state index is -0.778. The van der Waals surface area contributed by atoms with Crippen LogP contribution in [0.25, 0.3) is 0 Å². The normalized spacial score (nSPS) is 12.2. The van der Waals surface area contributed by atoms with E-state index in [-0.39, 0.29) is 31.1 Å². The molecule has 0 aromatic carbocycles. The van der Waals surface area contributed by atoms with Gasteiger partial charge in [0.25, 0.3) is 0 Å². The van der Waals surface area contributed by atoms with E-state index in [1.54, 1.807) is 0 Å². The lowest BCUT2D eigenvalue weighted by Gasteiger charge is -2.18. The number of carbonyl (C=O) groups excluding carboxylic acids is 3. The van der Waals surface area contributed by atoms with E-state index in [1.165, 1.54) is 212 Å². The molecule has 392 valence electrons. The van der Waals surface area contributed by atoms with Gasteiger partial charge in [0, 0.05) is 19.3 Å². The van der Waals surface area contributed by atoms with E-state index in [0.29, 0.717) is 19.3 Å². The van der Waals surface area contributed by atoms with Gasteiger partial charge in [0.05, 0.1) is 0 Å². The number of esters is 3. The van der Waals surface area contributed by atoms with E-state index in [0.717, 1.165) is 64.2 Å². The van der Waals surface area contributed by atoms with Crippen molar-refractivity contribution in [2.75, 3.05) is 13.2 Å². The average Bonchev–Trinajstić information content (AvgIpc) is 3.33. The van der Waals surface area contributed by atoms with E-state index >= 15 is 0 Å². The van der Waals surface area contributed by atoms with Crippen LogP contribution in [0.1, 0.15) is 316 Å². The largest absolute Gasteiger partial charge is 0.462 e. The molecule has 6 nitrogen and oxygen atoms in total. The Hall–Kier alpha value is -2.37. The molecule has 0 spiro atoms. The summed E-state index contributed by atoms with van der Waals surface area (Å²) in [7, 11) is 0. The lowest BCUT2D eigenvalue weighted by atomic mass is 10.1. The van der Waals surface area contributed by atoms with Crippen LogP contribution in [0.15, 0.2) is 36.5 Å². The van der Waals surface area contributed by atoms with Gasteiger partial charge in [0.1, 0.15) is 13.2 Å². The van der Waals surface area contributed by atoms with Gasteiger partial charge in [-0.15, -0.1) is 0 Å². The zero-order valence-corrected chi connectivity index (χ0v) is 44.9. The van der Waals surface area contributed by atoms with E-state index in [4.69, 9.17) is 14.2 Å². The molecule has 0 saturated carbocycles. The highest BCUT2D eigenvalue weighted by molar-refractivity contribution is 5.71. The number of unbranched alkanes of at least 4 members (excludes halogenated alkanes) is 37. The van der Waals surface area contributed by atoms with Gasteiger partial charge in [-0.3, -0.25) is 14.4 Å². The van der Waals surface area contributed by atoms with Crippen molar-refractivity contribution in [3.63, 3.8) is 0 Å². The molecule has 0 aliphatic carbocycles. The molecular formula is C61H112O6. The van der Waals surface area contributed by atoms with Gasteiger partial charge in [-0.25, -0.2) is 0 Å². The molecule has 0 rings (SSSR count). The lowest BCUT2D eigenvalue weighted by molar-refractivity contribution is -0.167. The van der Waals surface area contributed by atoms with Crippen molar-refractivity contribution in [3.8, 4) is 0 Å². The Kier molecular flexibility index (Phi) is 54.2. The predicted octanol–water partition coefficient (Wildman–Crippen LogP) is 19.7. The zero-order chi connectivity index (χ0) is 48.6. The fraction of sp³-hybridized carbons (Fsp3) is 0.852. The van der Waals surface area contributed by atoms with Crippen LogP contribution in [-0.2, 0) is 28.6 Å². The summed E-state index contributed by atoms with van der Waals surface area (Å²) >= 11 is 0. The van der Waals surface area contributed by atoms with Gasteiger partial charge >= 0.3 is 17.9 Å². The molecule has 0 fully saturated rings. The summed E-state index contributed by atoms with van der Waals surface area (Å²) in [6, 6.07) is 0. The summed E-state index contributed by atoms with van der Waals surface area (Å²) in [6.45, 7) is 6.65. The van der Waals surface area contributed by atoms with Crippen molar-refractivity contribution in [2.24, 2.45) is 0 Å². The van der Waals surface area contributed by atoms with Crippen molar-refractivity contribution in [2.45, 2.75) is 322 Å². The van der Waals surface area contributed by atoms with Crippen molar-refractivity contribution in [1.82, 2.24) is 0 Å². The molecular weight excluding hydrogens is 829 g/mol. The van der Waals surface area contributed by atoms with E-state index in [9.17, 15) is 14.4 Å². The number of hydrogen-bond donors (Lipinski definition) is 0. The molecule has 1 atom stereocenters. The Morgan fingerprint density at radius 1 is 0.284 bits per heavy atom. The first-order chi connectivity index (χ1) is 33.0. The molecule has 0 N–H and O–H groups in total. The highest BCUT2D eigenvalue weighted by Gasteiger charge is 2.19. The van der Waals surface area contributed by atoms with Crippen molar-refractivity contribution >= 4 is 17.9 Å². The molecule has 0 bridgehead atoms. The summed E-state index contributed by atoms with van der Waals surface area (Å²) in [5.74, 6) is -0.877. The molecule has 0 saturated heterocycles. The molecule has 0 aromatic rings. The first-order valence-electron chi connectivity index (χ1n) is 29.5. The summed E-state index contributed by atoms with van der Waals surface area (Å²) in [6.07, 6.45) is 67.0. The third-order valence-corrected chi connectivity index (χ3v) is 13.1. The van der Waals surface area contributed by atoms with E-state index in [1.807, 2.05) is 0 Å². The van der Waals surface area contributed by atoms with Crippen LogP contribution in [0.4, 0.5) is 0 Å².